The minimum Gasteiger partial charge on any atom is -0.454 e. The van der Waals surface area contributed by atoms with E-state index in [1.165, 1.54) is 0 Å². The van der Waals surface area contributed by atoms with Crippen molar-refractivity contribution in [2.24, 2.45) is 0 Å². The van der Waals surface area contributed by atoms with Crippen molar-refractivity contribution in [1.29, 1.82) is 0 Å². The van der Waals surface area contributed by atoms with Crippen LogP contribution in [0.1, 0.15) is 18.2 Å². The standard InChI is InChI=1S/C13H16N4O2/c1-2-14-6-11-8-17(16-15-11)7-10-3-4-12-13(5-10)19-9-18-12/h3-5,8,14H,2,6-7,9H2,1H3. The smallest absolute Gasteiger partial charge is 0.231 e. The Labute approximate surface area is 111 Å². The molecule has 0 radical (unpaired) electrons. The zero-order chi connectivity index (χ0) is 13.1. The number of nitrogens with zero attached hydrogens (tertiary/aromatic N) is 3. The van der Waals surface area contributed by atoms with E-state index in [2.05, 4.69) is 22.6 Å². The zero-order valence-corrected chi connectivity index (χ0v) is 10.8. The average molecular weight is 260 g/mol. The van der Waals surface area contributed by atoms with Crippen LogP contribution in [0.5, 0.6) is 11.5 Å². The van der Waals surface area contributed by atoms with Crippen LogP contribution in [0, 0.1) is 0 Å². The summed E-state index contributed by atoms with van der Waals surface area (Å²) >= 11 is 0. The molecule has 2 heterocycles. The summed E-state index contributed by atoms with van der Waals surface area (Å²) in [7, 11) is 0. The van der Waals surface area contributed by atoms with E-state index in [1.54, 1.807) is 0 Å². The topological polar surface area (TPSA) is 61.2 Å². The van der Waals surface area contributed by atoms with Gasteiger partial charge in [-0.3, -0.25) is 0 Å². The molecule has 0 spiro atoms. The molecule has 0 unspecified atom stereocenters. The van der Waals surface area contributed by atoms with Crippen molar-refractivity contribution in [3.63, 3.8) is 0 Å². The van der Waals surface area contributed by atoms with Crippen molar-refractivity contribution in [2.45, 2.75) is 20.0 Å². The van der Waals surface area contributed by atoms with Gasteiger partial charge in [-0.2, -0.15) is 0 Å². The fourth-order valence-electron chi connectivity index (χ4n) is 1.98. The number of aromatic nitrogens is 3. The number of hydrogen-bond donors (Lipinski definition) is 1. The molecule has 6 heteroatoms. The highest BCUT2D eigenvalue weighted by Gasteiger charge is 2.13. The monoisotopic (exact) mass is 260 g/mol. The number of ether oxygens (including phenoxy) is 2. The largest absolute Gasteiger partial charge is 0.454 e. The van der Waals surface area contributed by atoms with E-state index in [-0.39, 0.29) is 0 Å². The van der Waals surface area contributed by atoms with E-state index in [0.29, 0.717) is 13.3 Å². The molecule has 0 aliphatic carbocycles. The summed E-state index contributed by atoms with van der Waals surface area (Å²) in [5.74, 6) is 1.60. The normalized spacial score (nSPS) is 12.9. The van der Waals surface area contributed by atoms with E-state index in [0.717, 1.165) is 35.8 Å². The highest BCUT2D eigenvalue weighted by atomic mass is 16.7. The van der Waals surface area contributed by atoms with Crippen molar-refractivity contribution < 1.29 is 9.47 Å². The van der Waals surface area contributed by atoms with E-state index in [1.807, 2.05) is 29.1 Å². The first-order valence-electron chi connectivity index (χ1n) is 6.33. The van der Waals surface area contributed by atoms with Crippen LogP contribution in [0.2, 0.25) is 0 Å². The maximum atomic E-state index is 5.36. The summed E-state index contributed by atoms with van der Waals surface area (Å²) in [5.41, 5.74) is 2.06. The van der Waals surface area contributed by atoms with Crippen molar-refractivity contribution in [3.05, 3.63) is 35.7 Å². The van der Waals surface area contributed by atoms with Gasteiger partial charge in [0.15, 0.2) is 11.5 Å². The number of nitrogens with one attached hydrogen (secondary N) is 1. The first kappa shape index (κ1) is 12.0. The SMILES string of the molecule is CCNCc1cn(Cc2ccc3c(c2)OCO3)nn1. The summed E-state index contributed by atoms with van der Waals surface area (Å²) < 4.78 is 12.5. The predicted molar refractivity (Wildman–Crippen MR) is 69.1 cm³/mol. The third-order valence-electron chi connectivity index (χ3n) is 2.92. The van der Waals surface area contributed by atoms with Crippen molar-refractivity contribution >= 4 is 0 Å². The Morgan fingerprint density at radius 1 is 1.32 bits per heavy atom. The molecule has 100 valence electrons. The lowest BCUT2D eigenvalue weighted by Crippen LogP contribution is -2.11. The highest BCUT2D eigenvalue weighted by molar-refractivity contribution is 5.44. The fraction of sp³-hybridized carbons (Fsp3) is 0.385. The maximum absolute atomic E-state index is 5.36. The van der Waals surface area contributed by atoms with Crippen LogP contribution in [0.25, 0.3) is 0 Å². The maximum Gasteiger partial charge on any atom is 0.231 e. The third kappa shape index (κ3) is 2.68. The average Bonchev–Trinajstić information content (AvgIpc) is 3.05. The molecule has 0 amide bonds. The zero-order valence-electron chi connectivity index (χ0n) is 10.8. The first-order chi connectivity index (χ1) is 9.35. The van der Waals surface area contributed by atoms with Gasteiger partial charge in [-0.15, -0.1) is 5.10 Å². The number of fused-ring (bicyclic) bond motifs is 1. The van der Waals surface area contributed by atoms with E-state index < -0.39 is 0 Å². The van der Waals surface area contributed by atoms with Gasteiger partial charge in [-0.1, -0.05) is 18.2 Å². The molecule has 1 aliphatic rings. The molecular weight excluding hydrogens is 244 g/mol. The number of benzene rings is 1. The van der Waals surface area contributed by atoms with Gasteiger partial charge in [0.25, 0.3) is 0 Å². The summed E-state index contributed by atoms with van der Waals surface area (Å²) in [4.78, 5) is 0. The van der Waals surface area contributed by atoms with Crippen molar-refractivity contribution in [1.82, 2.24) is 20.3 Å². The molecule has 1 aromatic heterocycles. The molecule has 1 N–H and O–H groups in total. The van der Waals surface area contributed by atoms with Gasteiger partial charge in [-0.05, 0) is 24.2 Å². The molecule has 1 aliphatic heterocycles. The Balaban J connectivity index is 1.69. The third-order valence-corrected chi connectivity index (χ3v) is 2.92. The molecule has 3 rings (SSSR count). The van der Waals surface area contributed by atoms with Crippen LogP contribution >= 0.6 is 0 Å². The summed E-state index contributed by atoms with van der Waals surface area (Å²) in [6.07, 6.45) is 1.95. The van der Waals surface area contributed by atoms with E-state index in [4.69, 9.17) is 9.47 Å². The molecule has 1 aromatic carbocycles. The predicted octanol–water partition coefficient (Wildman–Crippen LogP) is 1.16. The lowest BCUT2D eigenvalue weighted by atomic mass is 10.2. The molecule has 6 nitrogen and oxygen atoms in total. The Morgan fingerprint density at radius 2 is 2.21 bits per heavy atom. The van der Waals surface area contributed by atoms with Gasteiger partial charge in [0.1, 0.15) is 0 Å². The van der Waals surface area contributed by atoms with Crippen LogP contribution in [0.3, 0.4) is 0 Å². The van der Waals surface area contributed by atoms with Crippen LogP contribution in [-0.4, -0.2) is 28.3 Å². The fourth-order valence-corrected chi connectivity index (χ4v) is 1.98. The van der Waals surface area contributed by atoms with Gasteiger partial charge in [-0.25, -0.2) is 4.68 Å². The molecule has 0 bridgehead atoms. The second kappa shape index (κ2) is 5.27. The van der Waals surface area contributed by atoms with E-state index in [9.17, 15) is 0 Å². The Bertz CT molecular complexity index is 568. The van der Waals surface area contributed by atoms with E-state index >= 15 is 0 Å². The molecular formula is C13H16N4O2. The second-order valence-corrected chi connectivity index (χ2v) is 4.38. The Kier molecular flexibility index (Phi) is 3.33. The lowest BCUT2D eigenvalue weighted by molar-refractivity contribution is 0.174. The summed E-state index contributed by atoms with van der Waals surface area (Å²) in [6, 6.07) is 5.92. The van der Waals surface area contributed by atoms with Gasteiger partial charge < -0.3 is 14.8 Å². The lowest BCUT2D eigenvalue weighted by Gasteiger charge is -2.02. The number of rotatable bonds is 5. The van der Waals surface area contributed by atoms with Crippen molar-refractivity contribution in [2.75, 3.05) is 13.3 Å². The minimum absolute atomic E-state index is 0.301. The quantitative estimate of drug-likeness (QED) is 0.874. The Morgan fingerprint density at radius 3 is 3.11 bits per heavy atom. The second-order valence-electron chi connectivity index (χ2n) is 4.38. The molecule has 0 fully saturated rings. The number of hydrogen-bond acceptors (Lipinski definition) is 5. The Hall–Kier alpha value is -2.08. The molecule has 0 atom stereocenters. The molecule has 2 aromatic rings. The van der Waals surface area contributed by atoms with Crippen molar-refractivity contribution in [3.8, 4) is 11.5 Å². The van der Waals surface area contributed by atoms with Gasteiger partial charge in [0, 0.05) is 6.54 Å². The van der Waals surface area contributed by atoms with Gasteiger partial charge >= 0.3 is 0 Å². The van der Waals surface area contributed by atoms with Crippen LogP contribution < -0.4 is 14.8 Å². The minimum atomic E-state index is 0.301. The van der Waals surface area contributed by atoms with Gasteiger partial charge in [0.05, 0.1) is 18.4 Å². The summed E-state index contributed by atoms with van der Waals surface area (Å²) in [6.45, 7) is 4.72. The molecule has 0 saturated heterocycles. The van der Waals surface area contributed by atoms with Crippen LogP contribution in [0.15, 0.2) is 24.4 Å². The molecule has 19 heavy (non-hydrogen) atoms. The summed E-state index contributed by atoms with van der Waals surface area (Å²) in [5, 5.41) is 11.5. The van der Waals surface area contributed by atoms with Crippen LogP contribution in [-0.2, 0) is 13.1 Å². The first-order valence-corrected chi connectivity index (χ1v) is 6.33. The van der Waals surface area contributed by atoms with Gasteiger partial charge in [0.2, 0.25) is 6.79 Å². The highest BCUT2D eigenvalue weighted by Crippen LogP contribution is 2.32. The van der Waals surface area contributed by atoms with Crippen LogP contribution in [0.4, 0.5) is 0 Å². The molecule has 0 saturated carbocycles.